The van der Waals surface area contributed by atoms with Crippen molar-refractivity contribution in [1.82, 2.24) is 25.9 Å². The molecule has 2 rings (SSSR count). The lowest BCUT2D eigenvalue weighted by Gasteiger charge is -2.25. The third-order valence-corrected chi connectivity index (χ3v) is 6.50. The maximum atomic E-state index is 13.4. The first kappa shape index (κ1) is 32.1. The number of nitrogens with zero attached hydrogens (tertiary/aromatic N) is 1. The maximum Gasteiger partial charge on any atom is 0.326 e. The van der Waals surface area contributed by atoms with E-state index in [9.17, 15) is 34.2 Å². The number of imidazole rings is 1. The van der Waals surface area contributed by atoms with Gasteiger partial charge in [0.1, 0.15) is 23.9 Å². The van der Waals surface area contributed by atoms with Crippen molar-refractivity contribution in [2.24, 2.45) is 5.73 Å². The van der Waals surface area contributed by atoms with E-state index in [4.69, 9.17) is 10.8 Å². The van der Waals surface area contributed by atoms with Crippen LogP contribution in [0.4, 0.5) is 0 Å². The largest absolute Gasteiger partial charge is 0.508 e. The first-order valence-electron chi connectivity index (χ1n) is 12.4. The first-order chi connectivity index (χ1) is 19.0. The van der Waals surface area contributed by atoms with Crippen LogP contribution >= 0.6 is 11.8 Å². The molecule has 1 aromatic heterocycles. The topological polar surface area (TPSA) is 237 Å². The lowest BCUT2D eigenvalue weighted by atomic mass is 10.0. The van der Waals surface area contributed by atoms with Gasteiger partial charge in [0.25, 0.3) is 0 Å². The molecule has 1 heterocycles. The van der Waals surface area contributed by atoms with Gasteiger partial charge in [-0.25, -0.2) is 9.78 Å². The van der Waals surface area contributed by atoms with E-state index in [-0.39, 0.29) is 37.9 Å². The predicted molar refractivity (Wildman–Crippen MR) is 145 cm³/mol. The Bertz CT molecular complexity index is 1140. The molecule has 14 nitrogen and oxygen atoms in total. The second-order valence-corrected chi connectivity index (χ2v) is 9.98. The van der Waals surface area contributed by atoms with Gasteiger partial charge in [0.15, 0.2) is 0 Å². The molecule has 3 amide bonds. The SMILES string of the molecule is CSCCC(NC(=O)C(Cc1ccc(O)cc1)NC(=O)C(N)CCC(=O)O)C(=O)NC(Cc1cnc[nH]1)C(=O)O. The molecule has 4 atom stereocenters. The molecule has 15 heteroatoms. The summed E-state index contributed by atoms with van der Waals surface area (Å²) in [5, 5.41) is 35.6. The number of thioether (sulfide) groups is 1. The number of phenols is 1. The van der Waals surface area contributed by atoms with Crippen molar-refractivity contribution in [1.29, 1.82) is 0 Å². The van der Waals surface area contributed by atoms with E-state index < -0.39 is 53.8 Å². The molecule has 9 N–H and O–H groups in total. The minimum atomic E-state index is -1.29. The third-order valence-electron chi connectivity index (χ3n) is 5.85. The second-order valence-electron chi connectivity index (χ2n) is 8.99. The van der Waals surface area contributed by atoms with E-state index >= 15 is 0 Å². The minimum absolute atomic E-state index is 0.00129. The van der Waals surface area contributed by atoms with Gasteiger partial charge in [-0.2, -0.15) is 11.8 Å². The van der Waals surface area contributed by atoms with E-state index in [0.29, 0.717) is 17.0 Å². The van der Waals surface area contributed by atoms with Crippen molar-refractivity contribution in [3.05, 3.63) is 48.0 Å². The minimum Gasteiger partial charge on any atom is -0.508 e. The third kappa shape index (κ3) is 10.9. The molecule has 0 fully saturated rings. The van der Waals surface area contributed by atoms with Crippen LogP contribution in [0, 0.1) is 0 Å². The molecule has 0 saturated heterocycles. The van der Waals surface area contributed by atoms with Crippen molar-refractivity contribution < 1.29 is 39.3 Å². The smallest absolute Gasteiger partial charge is 0.326 e. The monoisotopic (exact) mass is 578 g/mol. The van der Waals surface area contributed by atoms with Gasteiger partial charge in [-0.15, -0.1) is 0 Å². The van der Waals surface area contributed by atoms with Gasteiger partial charge in [0.2, 0.25) is 17.7 Å². The number of carboxylic acid groups (broad SMARTS) is 2. The van der Waals surface area contributed by atoms with Gasteiger partial charge in [0, 0.05) is 31.2 Å². The standard InChI is InChI=1S/C25H34N6O8S/c1-40-9-8-18(23(36)31-20(25(38)39)11-15-12-27-13-28-15)29-24(37)19(10-14-2-4-16(32)5-3-14)30-22(35)17(26)6-7-21(33)34/h2-5,12-13,17-20,32H,6-11,26H2,1H3,(H,27,28)(H,29,37)(H,30,35)(H,31,36)(H,33,34)(H,38,39). The molecule has 4 unspecified atom stereocenters. The molecule has 0 aliphatic carbocycles. The van der Waals surface area contributed by atoms with E-state index in [1.165, 1.54) is 36.4 Å². The van der Waals surface area contributed by atoms with Crippen molar-refractivity contribution in [2.75, 3.05) is 12.0 Å². The number of nitrogens with two attached hydrogens (primary N) is 1. The van der Waals surface area contributed by atoms with Crippen LogP contribution in [0.1, 0.15) is 30.5 Å². The summed E-state index contributed by atoms with van der Waals surface area (Å²) < 4.78 is 0. The number of amides is 3. The van der Waals surface area contributed by atoms with Crippen LogP contribution in [0.5, 0.6) is 5.75 Å². The number of rotatable bonds is 17. The lowest BCUT2D eigenvalue weighted by molar-refractivity contribution is -0.142. The Morgan fingerprint density at radius 2 is 1.55 bits per heavy atom. The summed E-state index contributed by atoms with van der Waals surface area (Å²) in [6.45, 7) is 0. The number of carbonyl (C=O) groups excluding carboxylic acids is 3. The van der Waals surface area contributed by atoms with Crippen LogP contribution in [0.15, 0.2) is 36.8 Å². The van der Waals surface area contributed by atoms with Gasteiger partial charge in [-0.1, -0.05) is 12.1 Å². The Balaban J connectivity index is 2.20. The number of carboxylic acids is 2. The fourth-order valence-electron chi connectivity index (χ4n) is 3.63. The number of hydrogen-bond donors (Lipinski definition) is 8. The summed E-state index contributed by atoms with van der Waals surface area (Å²) in [6.07, 6.45) is 4.22. The van der Waals surface area contributed by atoms with Gasteiger partial charge >= 0.3 is 11.9 Å². The van der Waals surface area contributed by atoms with Crippen LogP contribution < -0.4 is 21.7 Å². The zero-order chi connectivity index (χ0) is 29.7. The highest BCUT2D eigenvalue weighted by Crippen LogP contribution is 2.12. The van der Waals surface area contributed by atoms with E-state index in [2.05, 4.69) is 25.9 Å². The van der Waals surface area contributed by atoms with Gasteiger partial charge in [-0.3, -0.25) is 19.2 Å². The summed E-state index contributed by atoms with van der Waals surface area (Å²) in [4.78, 5) is 68.4. The normalized spacial score (nSPS) is 13.8. The average Bonchev–Trinajstić information content (AvgIpc) is 3.42. The van der Waals surface area contributed by atoms with Gasteiger partial charge < -0.3 is 42.0 Å². The molecule has 0 bridgehead atoms. The number of nitrogens with one attached hydrogen (secondary N) is 4. The van der Waals surface area contributed by atoms with E-state index in [1.807, 2.05) is 0 Å². The number of carbonyl (C=O) groups is 5. The molecule has 0 radical (unpaired) electrons. The summed E-state index contributed by atoms with van der Waals surface area (Å²) in [6, 6.07) is 1.10. The number of H-pyrrole nitrogens is 1. The summed E-state index contributed by atoms with van der Waals surface area (Å²) in [5.41, 5.74) is 6.88. The zero-order valence-electron chi connectivity index (χ0n) is 21.8. The zero-order valence-corrected chi connectivity index (χ0v) is 22.6. The molecule has 2 aromatic rings. The highest BCUT2D eigenvalue weighted by atomic mass is 32.2. The molecular weight excluding hydrogens is 544 g/mol. The van der Waals surface area contributed by atoms with E-state index in [1.54, 1.807) is 18.4 Å². The molecule has 0 spiro atoms. The van der Waals surface area contributed by atoms with Crippen LogP contribution in [-0.4, -0.2) is 91.1 Å². The molecule has 40 heavy (non-hydrogen) atoms. The molecular formula is C25H34N6O8S. The first-order valence-corrected chi connectivity index (χ1v) is 13.7. The van der Waals surface area contributed by atoms with E-state index in [0.717, 1.165) is 0 Å². The molecule has 0 saturated carbocycles. The summed E-state index contributed by atoms with van der Waals surface area (Å²) >= 11 is 1.42. The van der Waals surface area contributed by atoms with Crippen LogP contribution in [0.2, 0.25) is 0 Å². The Morgan fingerprint density at radius 3 is 2.12 bits per heavy atom. The Hall–Kier alpha value is -4.11. The average molecular weight is 579 g/mol. The molecule has 1 aromatic carbocycles. The van der Waals surface area contributed by atoms with Crippen LogP contribution in [0.3, 0.4) is 0 Å². The predicted octanol–water partition coefficient (Wildman–Crippen LogP) is -0.615. The maximum absolute atomic E-state index is 13.4. The summed E-state index contributed by atoms with van der Waals surface area (Å²) in [7, 11) is 0. The fourth-order valence-corrected chi connectivity index (χ4v) is 4.10. The molecule has 218 valence electrons. The van der Waals surface area contributed by atoms with Crippen LogP contribution in [-0.2, 0) is 36.8 Å². The highest BCUT2D eigenvalue weighted by Gasteiger charge is 2.30. The molecule has 0 aliphatic heterocycles. The number of aromatic amines is 1. The van der Waals surface area contributed by atoms with Crippen molar-refractivity contribution in [3.8, 4) is 5.75 Å². The van der Waals surface area contributed by atoms with Gasteiger partial charge in [0.05, 0.1) is 12.4 Å². The number of aliphatic carboxylic acids is 2. The molecule has 0 aliphatic rings. The number of aromatic nitrogens is 2. The fraction of sp³-hybridized carbons (Fsp3) is 0.440. The van der Waals surface area contributed by atoms with Crippen molar-refractivity contribution >= 4 is 41.4 Å². The second kappa shape index (κ2) is 16.1. The highest BCUT2D eigenvalue weighted by molar-refractivity contribution is 7.98. The number of benzene rings is 1. The Morgan fingerprint density at radius 1 is 0.925 bits per heavy atom. The number of hydrogen-bond acceptors (Lipinski definition) is 9. The van der Waals surface area contributed by atoms with Crippen LogP contribution in [0.25, 0.3) is 0 Å². The van der Waals surface area contributed by atoms with Crippen molar-refractivity contribution in [2.45, 2.75) is 56.3 Å². The quantitative estimate of drug-likeness (QED) is 0.118. The summed E-state index contributed by atoms with van der Waals surface area (Å²) in [5.74, 6) is -4.14. The number of aromatic hydroxyl groups is 1. The lowest BCUT2D eigenvalue weighted by Crippen LogP contribution is -2.58. The Kier molecular flexibility index (Phi) is 12.9. The number of phenolic OH excluding ortho intramolecular Hbond substituents is 1. The van der Waals surface area contributed by atoms with Gasteiger partial charge in [-0.05, 0) is 42.5 Å². The Labute approximate surface area is 234 Å². The van der Waals surface area contributed by atoms with Crippen molar-refractivity contribution in [3.63, 3.8) is 0 Å².